The van der Waals surface area contributed by atoms with Crippen molar-refractivity contribution in [2.24, 2.45) is 0 Å². The molecule has 0 unspecified atom stereocenters. The summed E-state index contributed by atoms with van der Waals surface area (Å²) < 4.78 is 5.63. The highest BCUT2D eigenvalue weighted by Gasteiger charge is 1.98. The highest BCUT2D eigenvalue weighted by molar-refractivity contribution is 5.91. The Morgan fingerprint density at radius 1 is 1.04 bits per heavy atom. The fourth-order valence-electron chi connectivity index (χ4n) is 2.18. The first-order chi connectivity index (χ1) is 12.1. The Labute approximate surface area is 150 Å². The van der Waals surface area contributed by atoms with Gasteiger partial charge in [-0.3, -0.25) is 4.79 Å². The van der Waals surface area contributed by atoms with Gasteiger partial charge in [0, 0.05) is 12.6 Å². The van der Waals surface area contributed by atoms with Crippen LogP contribution in [0.2, 0.25) is 0 Å². The average molecular weight is 335 g/mol. The zero-order valence-electron chi connectivity index (χ0n) is 14.9. The number of carbonyl (C=O) groups excluding carboxylic acids is 1. The van der Waals surface area contributed by atoms with E-state index < -0.39 is 0 Å². The van der Waals surface area contributed by atoms with E-state index in [1.165, 1.54) is 11.1 Å². The Bertz CT molecular complexity index is 711. The molecule has 0 saturated heterocycles. The fourth-order valence-corrected chi connectivity index (χ4v) is 2.18. The normalized spacial score (nSPS) is 10.5. The van der Waals surface area contributed by atoms with Crippen LogP contribution >= 0.6 is 0 Å². The number of ether oxygens (including phenoxy) is 1. The van der Waals surface area contributed by atoms with Gasteiger partial charge in [0.05, 0.1) is 0 Å². The summed E-state index contributed by atoms with van der Waals surface area (Å²) in [5.41, 5.74) is 3.43. The quantitative estimate of drug-likeness (QED) is 0.573. The lowest BCUT2D eigenvalue weighted by atomic mass is 10.1. The van der Waals surface area contributed by atoms with Crippen LogP contribution in [0.25, 0.3) is 6.08 Å². The van der Waals surface area contributed by atoms with Crippen LogP contribution in [0.15, 0.2) is 72.3 Å². The zero-order valence-corrected chi connectivity index (χ0v) is 14.9. The molecule has 1 N–H and O–H groups in total. The van der Waals surface area contributed by atoms with E-state index >= 15 is 0 Å². The van der Waals surface area contributed by atoms with Gasteiger partial charge in [0.1, 0.15) is 12.4 Å². The minimum atomic E-state index is -0.0782. The summed E-state index contributed by atoms with van der Waals surface area (Å²) in [7, 11) is 0. The van der Waals surface area contributed by atoms with Crippen molar-refractivity contribution in [3.63, 3.8) is 0 Å². The molecule has 0 saturated carbocycles. The van der Waals surface area contributed by atoms with Crippen molar-refractivity contribution in [1.29, 1.82) is 0 Å². The van der Waals surface area contributed by atoms with E-state index in [-0.39, 0.29) is 5.91 Å². The lowest BCUT2D eigenvalue weighted by molar-refractivity contribution is -0.116. The highest BCUT2D eigenvalue weighted by Crippen LogP contribution is 2.12. The molecular weight excluding hydrogens is 310 g/mol. The third-order valence-electron chi connectivity index (χ3n) is 3.60. The molecule has 130 valence electrons. The lowest BCUT2D eigenvalue weighted by Crippen LogP contribution is -2.23. The second-order valence-electron chi connectivity index (χ2n) is 6.02. The molecule has 0 aliphatic heterocycles. The first-order valence-electron chi connectivity index (χ1n) is 8.49. The van der Waals surface area contributed by atoms with Crippen LogP contribution in [0.1, 0.15) is 25.0 Å². The summed E-state index contributed by atoms with van der Waals surface area (Å²) in [5, 5.41) is 2.90. The first kappa shape index (κ1) is 18.5. The Hall–Kier alpha value is -2.81. The summed E-state index contributed by atoms with van der Waals surface area (Å²) in [5.74, 6) is 0.779. The number of hydrogen-bond donors (Lipinski definition) is 1. The van der Waals surface area contributed by atoms with Gasteiger partial charge < -0.3 is 10.1 Å². The summed E-state index contributed by atoms with van der Waals surface area (Å²) >= 11 is 0. The molecule has 3 nitrogen and oxygen atoms in total. The summed E-state index contributed by atoms with van der Waals surface area (Å²) in [6.07, 6.45) is 6.22. The van der Waals surface area contributed by atoms with Gasteiger partial charge in [0.15, 0.2) is 0 Å². The second kappa shape index (κ2) is 10.1. The molecule has 0 spiro atoms. The van der Waals surface area contributed by atoms with Gasteiger partial charge in [-0.25, -0.2) is 0 Å². The van der Waals surface area contributed by atoms with Crippen LogP contribution in [0.5, 0.6) is 5.75 Å². The number of nitrogens with one attached hydrogen (secondary N) is 1. The van der Waals surface area contributed by atoms with E-state index in [1.54, 1.807) is 6.08 Å². The molecule has 0 heterocycles. The average Bonchev–Trinajstić information content (AvgIpc) is 2.62. The predicted molar refractivity (Wildman–Crippen MR) is 104 cm³/mol. The van der Waals surface area contributed by atoms with E-state index in [4.69, 9.17) is 4.74 Å². The maximum atomic E-state index is 11.8. The molecule has 0 radical (unpaired) electrons. The van der Waals surface area contributed by atoms with Crippen LogP contribution in [-0.2, 0) is 11.2 Å². The van der Waals surface area contributed by atoms with Crippen molar-refractivity contribution in [3.05, 3.63) is 83.4 Å². The molecule has 2 aromatic carbocycles. The molecule has 0 aromatic heterocycles. The van der Waals surface area contributed by atoms with Crippen molar-refractivity contribution < 1.29 is 9.53 Å². The zero-order chi connectivity index (χ0) is 17.9. The number of carbonyl (C=O) groups is 1. The Morgan fingerprint density at radius 3 is 2.44 bits per heavy atom. The van der Waals surface area contributed by atoms with Gasteiger partial charge in [-0.05, 0) is 55.7 Å². The van der Waals surface area contributed by atoms with Crippen molar-refractivity contribution >= 4 is 12.0 Å². The second-order valence-corrected chi connectivity index (χ2v) is 6.02. The SMILES string of the molecule is CC(C)=CCOc1ccc(CCNC(=O)C=Cc2ccccc2)cc1. The molecule has 0 atom stereocenters. The third-order valence-corrected chi connectivity index (χ3v) is 3.60. The molecule has 2 rings (SSSR count). The van der Waals surface area contributed by atoms with Crippen molar-refractivity contribution in [1.82, 2.24) is 5.32 Å². The molecule has 0 aliphatic carbocycles. The van der Waals surface area contributed by atoms with E-state index in [2.05, 4.69) is 19.2 Å². The van der Waals surface area contributed by atoms with Crippen molar-refractivity contribution in [3.8, 4) is 5.75 Å². The number of benzene rings is 2. The minimum Gasteiger partial charge on any atom is -0.490 e. The van der Waals surface area contributed by atoms with E-state index in [9.17, 15) is 4.79 Å². The molecule has 0 bridgehead atoms. The van der Waals surface area contributed by atoms with E-state index in [1.807, 2.05) is 66.7 Å². The van der Waals surface area contributed by atoms with Gasteiger partial charge in [-0.2, -0.15) is 0 Å². The van der Waals surface area contributed by atoms with Gasteiger partial charge >= 0.3 is 0 Å². The fraction of sp³-hybridized carbons (Fsp3) is 0.227. The standard InChI is InChI=1S/C22H25NO2/c1-18(2)15-17-25-21-11-8-20(9-12-21)14-16-23-22(24)13-10-19-6-4-3-5-7-19/h3-13,15H,14,16-17H2,1-2H3,(H,23,24). The summed E-state index contributed by atoms with van der Waals surface area (Å²) in [4.78, 5) is 11.8. The maximum absolute atomic E-state index is 11.8. The molecule has 3 heteroatoms. The predicted octanol–water partition coefficient (Wildman–Crippen LogP) is 4.40. The Morgan fingerprint density at radius 2 is 1.76 bits per heavy atom. The molecular formula is C22H25NO2. The summed E-state index contributed by atoms with van der Waals surface area (Å²) in [6, 6.07) is 17.8. The number of amides is 1. The van der Waals surface area contributed by atoms with Gasteiger partial charge in [0.25, 0.3) is 0 Å². The van der Waals surface area contributed by atoms with E-state index in [0.29, 0.717) is 13.2 Å². The molecule has 2 aromatic rings. The monoisotopic (exact) mass is 335 g/mol. The van der Waals surface area contributed by atoms with Crippen LogP contribution in [-0.4, -0.2) is 19.1 Å². The molecule has 0 aliphatic rings. The van der Waals surface area contributed by atoms with Crippen molar-refractivity contribution in [2.75, 3.05) is 13.2 Å². The highest BCUT2D eigenvalue weighted by atomic mass is 16.5. The lowest BCUT2D eigenvalue weighted by Gasteiger charge is -2.06. The Balaban J connectivity index is 1.71. The van der Waals surface area contributed by atoms with Gasteiger partial charge in [-0.1, -0.05) is 48.0 Å². The Kier molecular flexibility index (Phi) is 7.51. The van der Waals surface area contributed by atoms with Crippen molar-refractivity contribution in [2.45, 2.75) is 20.3 Å². The van der Waals surface area contributed by atoms with Crippen LogP contribution in [0.4, 0.5) is 0 Å². The third kappa shape index (κ3) is 7.53. The van der Waals surface area contributed by atoms with Gasteiger partial charge in [-0.15, -0.1) is 0 Å². The van der Waals surface area contributed by atoms with Crippen LogP contribution < -0.4 is 10.1 Å². The smallest absolute Gasteiger partial charge is 0.244 e. The summed E-state index contributed by atoms with van der Waals surface area (Å²) in [6.45, 7) is 5.30. The van der Waals surface area contributed by atoms with E-state index in [0.717, 1.165) is 17.7 Å². The molecule has 25 heavy (non-hydrogen) atoms. The van der Waals surface area contributed by atoms with Crippen LogP contribution in [0, 0.1) is 0 Å². The number of hydrogen-bond acceptors (Lipinski definition) is 2. The minimum absolute atomic E-state index is 0.0782. The molecule has 1 amide bonds. The number of allylic oxidation sites excluding steroid dienone is 1. The largest absolute Gasteiger partial charge is 0.490 e. The van der Waals surface area contributed by atoms with Crippen LogP contribution in [0.3, 0.4) is 0 Å². The molecule has 0 fully saturated rings. The topological polar surface area (TPSA) is 38.3 Å². The maximum Gasteiger partial charge on any atom is 0.244 e. The number of rotatable bonds is 8. The first-order valence-corrected chi connectivity index (χ1v) is 8.49. The van der Waals surface area contributed by atoms with Gasteiger partial charge in [0.2, 0.25) is 5.91 Å².